The van der Waals surface area contributed by atoms with Gasteiger partial charge in [0.2, 0.25) is 0 Å². The molecule has 23 aromatic carbocycles. The van der Waals surface area contributed by atoms with Crippen LogP contribution < -0.4 is 0 Å². The normalized spacial score (nSPS) is 11.7. The Labute approximate surface area is 808 Å². The lowest BCUT2D eigenvalue weighted by molar-refractivity contribution is 1.18. The first-order chi connectivity index (χ1) is 69.4. The molecule has 0 bridgehead atoms. The van der Waals surface area contributed by atoms with Crippen LogP contribution in [0.2, 0.25) is 0 Å². The van der Waals surface area contributed by atoms with Crippen molar-refractivity contribution in [1.29, 1.82) is 0 Å². The van der Waals surface area contributed by atoms with Crippen LogP contribution in [-0.2, 0) is 0 Å². The number of aromatic nitrogens is 6. The zero-order chi connectivity index (χ0) is 92.2. The predicted octanol–water partition coefficient (Wildman–Crippen LogP) is 36.0. The molecule has 0 saturated heterocycles. The molecule has 0 atom stereocenters. The summed E-state index contributed by atoms with van der Waals surface area (Å²) >= 11 is 0. The van der Waals surface area contributed by atoms with Gasteiger partial charge >= 0.3 is 0 Å². The van der Waals surface area contributed by atoms with E-state index in [0.29, 0.717) is 0 Å². The molecule has 0 fully saturated rings. The van der Waals surface area contributed by atoms with Gasteiger partial charge in [-0.15, -0.1) is 0 Å². The van der Waals surface area contributed by atoms with Crippen molar-refractivity contribution >= 4 is 152 Å². The molecule has 0 aliphatic rings. The van der Waals surface area contributed by atoms with E-state index in [4.69, 9.17) is 0 Å². The Morgan fingerprint density at radius 3 is 0.557 bits per heavy atom. The van der Waals surface area contributed by atoms with E-state index in [9.17, 15) is 0 Å². The molecule has 0 spiro atoms. The van der Waals surface area contributed by atoms with Gasteiger partial charge in [0, 0.05) is 98.8 Å². The second-order valence-corrected chi connectivity index (χ2v) is 36.7. The number of hydrogen-bond acceptors (Lipinski definition) is 0. The van der Waals surface area contributed by atoms with Crippen LogP contribution in [0.5, 0.6) is 0 Å². The zero-order valence-electron chi connectivity index (χ0n) is 76.5. The Hall–Kier alpha value is -18.6. The lowest BCUT2D eigenvalue weighted by Gasteiger charge is -2.11. The van der Waals surface area contributed by atoms with Crippen LogP contribution in [0.4, 0.5) is 0 Å². The molecule has 0 N–H and O–H groups in total. The highest BCUT2D eigenvalue weighted by Crippen LogP contribution is 2.46. The highest BCUT2D eigenvalue weighted by Gasteiger charge is 2.23. The van der Waals surface area contributed by atoms with Crippen LogP contribution in [0.25, 0.3) is 253 Å². The van der Waals surface area contributed by atoms with Crippen LogP contribution in [0.15, 0.2) is 534 Å². The van der Waals surface area contributed by atoms with Crippen molar-refractivity contribution in [2.45, 2.75) is 0 Å². The fourth-order valence-corrected chi connectivity index (χ4v) is 22.1. The molecule has 0 aliphatic carbocycles. The minimum Gasteiger partial charge on any atom is -0.309 e. The third-order valence-electron chi connectivity index (χ3n) is 28.7. The minimum atomic E-state index is 1.16. The molecule has 29 aromatic rings. The molecule has 140 heavy (non-hydrogen) atoms. The highest BCUT2D eigenvalue weighted by atomic mass is 15.0. The maximum Gasteiger partial charge on any atom is 0.0541 e. The van der Waals surface area contributed by atoms with Gasteiger partial charge < -0.3 is 27.4 Å². The molecule has 6 nitrogen and oxygen atoms in total. The van der Waals surface area contributed by atoms with E-state index < -0.39 is 0 Å². The summed E-state index contributed by atoms with van der Waals surface area (Å²) in [5.41, 5.74) is 36.2. The van der Waals surface area contributed by atoms with Crippen LogP contribution in [0, 0.1) is 0 Å². The SMILES string of the molecule is c1ccc(-c2ccc(-n3c4ccccc4c4cc(-c5ccc6c(c5)c5ccccc5n6-c5ccc6ccccc6c5)ccc43)cc2)cc1.c1ccc(-c2cccc(-n3c4ccccc4c4cc(-c5ccc6c(c5)c5ccccc5n6-c5cccc(-c6ccccc6)c5)ccc43)c2)cc1.c1ccc(-n2c3ccccc3c3cc(-c4ccc5c(c4)c4ccccc4n5-c4ccc5ccccc5c4)ccc32)cc1. The molecule has 0 amide bonds. The molecule has 0 saturated carbocycles. The third kappa shape index (κ3) is 13.9. The van der Waals surface area contributed by atoms with Crippen molar-refractivity contribution in [2.75, 3.05) is 0 Å². The van der Waals surface area contributed by atoms with Crippen molar-refractivity contribution < 1.29 is 0 Å². The van der Waals surface area contributed by atoms with Crippen LogP contribution in [0.1, 0.15) is 0 Å². The number of para-hydroxylation sites is 7. The molecular formula is C134H88N6. The first-order valence-corrected chi connectivity index (χ1v) is 48.2. The fourth-order valence-electron chi connectivity index (χ4n) is 22.1. The second-order valence-electron chi connectivity index (χ2n) is 36.7. The van der Waals surface area contributed by atoms with E-state index in [0.717, 1.165) is 17.1 Å². The highest BCUT2D eigenvalue weighted by molar-refractivity contribution is 6.18. The van der Waals surface area contributed by atoms with Gasteiger partial charge in [0.15, 0.2) is 0 Å². The Morgan fingerprint density at radius 1 is 0.0857 bits per heavy atom. The van der Waals surface area contributed by atoms with Crippen LogP contribution >= 0.6 is 0 Å². The largest absolute Gasteiger partial charge is 0.309 e. The summed E-state index contributed by atoms with van der Waals surface area (Å²) in [5.74, 6) is 0. The molecule has 6 heteroatoms. The van der Waals surface area contributed by atoms with Gasteiger partial charge in [0.05, 0.1) is 66.2 Å². The van der Waals surface area contributed by atoms with Crippen molar-refractivity contribution in [3.8, 4) is 101 Å². The van der Waals surface area contributed by atoms with Gasteiger partial charge in [-0.3, -0.25) is 0 Å². The van der Waals surface area contributed by atoms with E-state index in [-0.39, 0.29) is 0 Å². The van der Waals surface area contributed by atoms with Crippen molar-refractivity contribution in [1.82, 2.24) is 27.4 Å². The molecule has 6 heterocycles. The van der Waals surface area contributed by atoms with Gasteiger partial charge in [-0.25, -0.2) is 0 Å². The van der Waals surface area contributed by atoms with Crippen LogP contribution in [0.3, 0.4) is 0 Å². The minimum absolute atomic E-state index is 1.16. The van der Waals surface area contributed by atoms with E-state index >= 15 is 0 Å². The Bertz CT molecular complexity index is 9740. The van der Waals surface area contributed by atoms with Crippen LogP contribution in [-0.4, -0.2) is 27.4 Å². The van der Waals surface area contributed by atoms with E-state index in [2.05, 4.69) is 561 Å². The quantitative estimate of drug-likeness (QED) is 0.117. The number of hydrogen-bond donors (Lipinski definition) is 0. The maximum absolute atomic E-state index is 2.40. The average Bonchev–Trinajstić information content (AvgIpc) is 1.60. The molecular weight excluding hydrogens is 1690 g/mol. The number of benzene rings is 23. The molecule has 0 aliphatic heterocycles. The summed E-state index contributed by atoms with van der Waals surface area (Å²) in [4.78, 5) is 0. The molecule has 29 rings (SSSR count). The Morgan fingerprint density at radius 2 is 0.264 bits per heavy atom. The zero-order valence-corrected chi connectivity index (χ0v) is 76.5. The van der Waals surface area contributed by atoms with E-state index in [1.54, 1.807) is 0 Å². The average molecular weight is 1780 g/mol. The summed E-state index contributed by atoms with van der Waals surface area (Å²) < 4.78 is 14.4. The van der Waals surface area contributed by atoms with Gasteiger partial charge in [-0.2, -0.15) is 0 Å². The Kier molecular flexibility index (Phi) is 19.5. The molecule has 0 radical (unpaired) electrons. The summed E-state index contributed by atoms with van der Waals surface area (Å²) in [5, 5.41) is 20.1. The van der Waals surface area contributed by atoms with E-state index in [1.165, 1.54) is 236 Å². The molecule has 654 valence electrons. The Balaban J connectivity index is 0.000000106. The summed E-state index contributed by atoms with van der Waals surface area (Å²) in [6, 6.07) is 194. The van der Waals surface area contributed by atoms with Crippen molar-refractivity contribution in [2.24, 2.45) is 0 Å². The summed E-state index contributed by atoms with van der Waals surface area (Å²) in [6.07, 6.45) is 0. The standard InChI is InChI=1S/C48H32N2.C46H30N2.C40H26N2/c1-3-13-33(14-4-1)35-17-11-19-39(29-35)49-45-23-9-7-21-41(45)43-31-37(25-27-47(43)49)38-26-28-48-44(32-38)42-22-8-10-24-46(42)50(48)40-20-12-18-36(30-40)34-15-5-2-6-16-34;1-2-10-31(11-3-1)33-18-23-37(24-19-33)47-43-16-8-6-14-39(43)41-29-35(21-26-45(41)47)36-22-27-46-42(30-36)40-15-7-9-17-44(40)48(46)38-25-20-32-12-4-5-13-34(32)28-38;1-2-12-31(13-3-1)41-37-16-8-6-14-33(37)35-25-29(19-22-39(35)41)30-20-23-40-36(26-30)34-15-7-9-17-38(34)42(40)32-21-18-27-10-4-5-11-28(27)24-32/h1-32H;1-30H;1-26H. The van der Waals surface area contributed by atoms with Gasteiger partial charge in [-0.05, 0) is 270 Å². The summed E-state index contributed by atoms with van der Waals surface area (Å²) in [7, 11) is 0. The monoisotopic (exact) mass is 1780 g/mol. The van der Waals surface area contributed by atoms with Crippen molar-refractivity contribution in [3.63, 3.8) is 0 Å². The lowest BCUT2D eigenvalue weighted by atomic mass is 10.0. The maximum atomic E-state index is 2.40. The van der Waals surface area contributed by atoms with Crippen molar-refractivity contribution in [3.05, 3.63) is 534 Å². The lowest BCUT2D eigenvalue weighted by Crippen LogP contribution is -1.94. The van der Waals surface area contributed by atoms with Gasteiger partial charge in [0.25, 0.3) is 0 Å². The third-order valence-corrected chi connectivity index (χ3v) is 28.7. The number of nitrogens with zero attached hydrogens (tertiary/aromatic N) is 6. The fraction of sp³-hybridized carbons (Fsp3) is 0. The topological polar surface area (TPSA) is 29.6 Å². The number of rotatable bonds is 12. The van der Waals surface area contributed by atoms with E-state index in [1.807, 2.05) is 0 Å². The first-order valence-electron chi connectivity index (χ1n) is 48.2. The molecule has 6 aromatic heterocycles. The first kappa shape index (κ1) is 81.0. The summed E-state index contributed by atoms with van der Waals surface area (Å²) in [6.45, 7) is 0. The second kappa shape index (κ2) is 33.8. The van der Waals surface area contributed by atoms with Gasteiger partial charge in [0.1, 0.15) is 0 Å². The predicted molar refractivity (Wildman–Crippen MR) is 593 cm³/mol. The van der Waals surface area contributed by atoms with Gasteiger partial charge in [-0.1, -0.05) is 352 Å². The molecule has 0 unspecified atom stereocenters. The number of fused-ring (bicyclic) bond motifs is 20. The smallest absolute Gasteiger partial charge is 0.0541 e.